The number of aliphatic imine (C=N–C) groups is 1. The molecule has 2 heterocycles. The maximum Gasteiger partial charge on any atom is 0.115 e. The van der Waals surface area contributed by atoms with E-state index in [1.54, 1.807) is 0 Å². The van der Waals surface area contributed by atoms with Crippen molar-refractivity contribution in [3.05, 3.63) is 12.2 Å². The van der Waals surface area contributed by atoms with E-state index in [0.717, 1.165) is 0 Å². The topological polar surface area (TPSA) is 24.4 Å². The van der Waals surface area contributed by atoms with Gasteiger partial charge in [0.2, 0.25) is 0 Å². The maximum absolute atomic E-state index is 4.33. The summed E-state index contributed by atoms with van der Waals surface area (Å²) in [5.74, 6) is 0. The summed E-state index contributed by atoms with van der Waals surface area (Å²) in [4.78, 5) is 4.33. The van der Waals surface area contributed by atoms with Crippen molar-refractivity contribution in [2.24, 2.45) is 4.99 Å². The summed E-state index contributed by atoms with van der Waals surface area (Å²) in [6.45, 7) is 2.17. The van der Waals surface area contributed by atoms with Crippen LogP contribution < -0.4 is 5.32 Å². The van der Waals surface area contributed by atoms with Crippen molar-refractivity contribution in [3.8, 4) is 0 Å². The number of nitrogens with zero attached hydrogens (tertiary/aromatic N) is 1. The SMILES string of the molecule is CC1NC2C=CC=NC2S1. The maximum atomic E-state index is 4.33. The monoisotopic (exact) mass is 154 g/mol. The molecule has 0 radical (unpaired) electrons. The van der Waals surface area contributed by atoms with Crippen molar-refractivity contribution in [3.63, 3.8) is 0 Å². The molecule has 0 aliphatic carbocycles. The molecule has 1 fully saturated rings. The highest BCUT2D eigenvalue weighted by Gasteiger charge is 2.30. The zero-order valence-electron chi connectivity index (χ0n) is 5.82. The molecular weight excluding hydrogens is 144 g/mol. The lowest BCUT2D eigenvalue weighted by atomic mass is 10.2. The van der Waals surface area contributed by atoms with Gasteiger partial charge in [-0.1, -0.05) is 6.08 Å². The molecule has 0 bridgehead atoms. The number of fused-ring (bicyclic) bond motifs is 1. The third-order valence-electron chi connectivity index (χ3n) is 1.72. The minimum Gasteiger partial charge on any atom is -0.296 e. The standard InChI is InChI=1S/C7H10N2S/c1-5-9-6-3-2-4-8-7(6)10-5/h2-7,9H,1H3. The van der Waals surface area contributed by atoms with E-state index in [4.69, 9.17) is 0 Å². The van der Waals surface area contributed by atoms with Gasteiger partial charge in [-0.2, -0.15) is 0 Å². The van der Waals surface area contributed by atoms with Crippen LogP contribution in [0.15, 0.2) is 17.1 Å². The molecule has 0 aromatic carbocycles. The fourth-order valence-corrected chi connectivity index (χ4v) is 2.40. The lowest BCUT2D eigenvalue weighted by Gasteiger charge is -2.11. The molecule has 0 amide bonds. The normalized spacial score (nSPS) is 43.9. The van der Waals surface area contributed by atoms with Crippen molar-refractivity contribution in [1.29, 1.82) is 0 Å². The first kappa shape index (κ1) is 6.43. The lowest BCUT2D eigenvalue weighted by molar-refractivity contribution is 0.616. The molecular formula is C7H10N2S. The minimum absolute atomic E-state index is 0.431. The second kappa shape index (κ2) is 2.40. The molecule has 10 heavy (non-hydrogen) atoms. The quantitative estimate of drug-likeness (QED) is 0.563. The predicted octanol–water partition coefficient (Wildman–Crippen LogP) is 1.00. The van der Waals surface area contributed by atoms with Crippen molar-refractivity contribution >= 4 is 18.0 Å². The van der Waals surface area contributed by atoms with Gasteiger partial charge in [-0.05, 0) is 13.0 Å². The van der Waals surface area contributed by atoms with Gasteiger partial charge < -0.3 is 0 Å². The molecule has 3 atom stereocenters. The summed E-state index contributed by atoms with van der Waals surface area (Å²) in [7, 11) is 0. The summed E-state index contributed by atoms with van der Waals surface area (Å²) in [5.41, 5.74) is 0. The molecule has 3 heteroatoms. The molecule has 1 N–H and O–H groups in total. The van der Waals surface area contributed by atoms with E-state index in [2.05, 4.69) is 23.3 Å². The van der Waals surface area contributed by atoms with Crippen LogP contribution in [0.4, 0.5) is 0 Å². The molecule has 0 saturated carbocycles. The third-order valence-corrected chi connectivity index (χ3v) is 2.95. The van der Waals surface area contributed by atoms with Crippen LogP contribution in [0.2, 0.25) is 0 Å². The minimum atomic E-state index is 0.431. The Morgan fingerprint density at radius 1 is 1.60 bits per heavy atom. The molecule has 0 aromatic heterocycles. The van der Waals surface area contributed by atoms with Crippen LogP contribution in [0.25, 0.3) is 0 Å². The first-order chi connectivity index (χ1) is 4.86. The Morgan fingerprint density at radius 2 is 2.50 bits per heavy atom. The second-order valence-electron chi connectivity index (χ2n) is 2.54. The number of nitrogens with one attached hydrogen (secondary N) is 1. The van der Waals surface area contributed by atoms with Crippen LogP contribution in [0.5, 0.6) is 0 Å². The molecule has 3 unspecified atom stereocenters. The highest BCUT2D eigenvalue weighted by atomic mass is 32.2. The van der Waals surface area contributed by atoms with Gasteiger partial charge in [-0.15, -0.1) is 11.8 Å². The van der Waals surface area contributed by atoms with Gasteiger partial charge in [0.05, 0.1) is 11.4 Å². The number of hydrogen-bond acceptors (Lipinski definition) is 3. The van der Waals surface area contributed by atoms with Gasteiger partial charge in [0, 0.05) is 6.21 Å². The Bertz CT molecular complexity index is 168. The summed E-state index contributed by atoms with van der Waals surface area (Å²) >= 11 is 1.89. The number of hydrogen-bond donors (Lipinski definition) is 1. The van der Waals surface area contributed by atoms with Gasteiger partial charge in [0.1, 0.15) is 5.37 Å². The van der Waals surface area contributed by atoms with E-state index in [0.29, 0.717) is 16.8 Å². The van der Waals surface area contributed by atoms with Crippen LogP contribution in [-0.4, -0.2) is 23.0 Å². The molecule has 2 aliphatic heterocycles. The molecule has 2 rings (SSSR count). The van der Waals surface area contributed by atoms with Gasteiger partial charge in [0.15, 0.2) is 0 Å². The zero-order chi connectivity index (χ0) is 6.97. The first-order valence-corrected chi connectivity index (χ1v) is 4.42. The summed E-state index contributed by atoms with van der Waals surface area (Å²) in [6.07, 6.45) is 6.06. The molecule has 0 aromatic rings. The average molecular weight is 154 g/mol. The largest absolute Gasteiger partial charge is 0.296 e. The van der Waals surface area contributed by atoms with Crippen LogP contribution in [0, 0.1) is 0 Å². The second-order valence-corrected chi connectivity index (χ2v) is 4.01. The van der Waals surface area contributed by atoms with Crippen molar-refractivity contribution < 1.29 is 0 Å². The zero-order valence-corrected chi connectivity index (χ0v) is 6.64. The van der Waals surface area contributed by atoms with Gasteiger partial charge >= 0.3 is 0 Å². The lowest BCUT2D eigenvalue weighted by Crippen LogP contribution is -2.30. The van der Waals surface area contributed by atoms with E-state index in [1.165, 1.54) is 0 Å². The smallest absolute Gasteiger partial charge is 0.115 e. The van der Waals surface area contributed by atoms with Gasteiger partial charge in [-0.25, -0.2) is 0 Å². The Balaban J connectivity index is 2.14. The number of rotatable bonds is 0. The molecule has 1 saturated heterocycles. The number of dihydropyridines is 1. The molecule has 2 aliphatic rings. The van der Waals surface area contributed by atoms with E-state index in [-0.39, 0.29) is 0 Å². The Morgan fingerprint density at radius 3 is 3.30 bits per heavy atom. The van der Waals surface area contributed by atoms with Crippen LogP contribution in [0.1, 0.15) is 6.92 Å². The van der Waals surface area contributed by atoms with Crippen LogP contribution in [-0.2, 0) is 0 Å². The summed E-state index contributed by atoms with van der Waals surface area (Å²) < 4.78 is 0. The third kappa shape index (κ3) is 0.995. The van der Waals surface area contributed by atoms with Crippen molar-refractivity contribution in [2.45, 2.75) is 23.7 Å². The molecule has 0 spiro atoms. The molecule has 2 nitrogen and oxygen atoms in total. The highest BCUT2D eigenvalue weighted by Crippen LogP contribution is 2.29. The Kier molecular flexibility index (Phi) is 1.54. The van der Waals surface area contributed by atoms with Crippen LogP contribution in [0.3, 0.4) is 0 Å². The molecule has 54 valence electrons. The van der Waals surface area contributed by atoms with E-state index < -0.39 is 0 Å². The fourth-order valence-electron chi connectivity index (χ4n) is 1.27. The number of allylic oxidation sites excluding steroid dienone is 1. The van der Waals surface area contributed by atoms with Crippen molar-refractivity contribution in [1.82, 2.24) is 5.32 Å². The van der Waals surface area contributed by atoms with E-state index >= 15 is 0 Å². The first-order valence-electron chi connectivity index (χ1n) is 3.48. The Labute approximate surface area is 64.8 Å². The van der Waals surface area contributed by atoms with E-state index in [1.807, 2.05) is 24.1 Å². The fraction of sp³-hybridized carbons (Fsp3) is 0.571. The number of thioether (sulfide) groups is 1. The van der Waals surface area contributed by atoms with Gasteiger partial charge in [-0.3, -0.25) is 10.3 Å². The average Bonchev–Trinajstić information content (AvgIpc) is 2.27. The summed E-state index contributed by atoms with van der Waals surface area (Å²) in [5, 5.41) is 4.40. The van der Waals surface area contributed by atoms with Gasteiger partial charge in [0.25, 0.3) is 0 Å². The van der Waals surface area contributed by atoms with E-state index in [9.17, 15) is 0 Å². The summed E-state index contributed by atoms with van der Waals surface area (Å²) in [6, 6.07) is 0.477. The predicted molar refractivity (Wildman–Crippen MR) is 45.4 cm³/mol. The van der Waals surface area contributed by atoms with Crippen LogP contribution >= 0.6 is 11.8 Å². The van der Waals surface area contributed by atoms with Crippen molar-refractivity contribution in [2.75, 3.05) is 0 Å². The Hall–Kier alpha value is -0.280. The highest BCUT2D eigenvalue weighted by molar-refractivity contribution is 8.00.